The smallest absolute Gasteiger partial charge is 0.341 e. The fourth-order valence-corrected chi connectivity index (χ4v) is 4.46. The van der Waals surface area contributed by atoms with Crippen LogP contribution in [0, 0.1) is 12.8 Å². The molecule has 4 heterocycles. The number of nitrogens with one attached hydrogen (secondary N) is 1. The standard InChI is InChI=1S/C24H28ClN5O2/c1-15-18(25)13-28-21-19(15)29-20-17(24(31)32-14-30-11-3-2-4-12-30)8-10-27-22(20)23(21)26-9-7-16-5-6-16/h8,10,13,16H,2-7,9,11-12,14H2,1H3,(H,26,29). The van der Waals surface area contributed by atoms with Gasteiger partial charge in [-0.05, 0) is 43.7 Å². The summed E-state index contributed by atoms with van der Waals surface area (Å²) in [5.74, 6) is 0.422. The number of likely N-dealkylation sites (tertiary alicyclic amines) is 1. The lowest BCUT2D eigenvalue weighted by molar-refractivity contribution is 0.0173. The van der Waals surface area contributed by atoms with Crippen LogP contribution in [0.3, 0.4) is 0 Å². The van der Waals surface area contributed by atoms with Gasteiger partial charge in [-0.3, -0.25) is 14.9 Å². The van der Waals surface area contributed by atoms with E-state index < -0.39 is 0 Å². The molecule has 0 atom stereocenters. The van der Waals surface area contributed by atoms with Crippen LogP contribution in [0.25, 0.3) is 22.1 Å². The van der Waals surface area contributed by atoms with Crippen LogP contribution in [0.5, 0.6) is 0 Å². The molecule has 5 rings (SSSR count). The lowest BCUT2D eigenvalue weighted by atomic mass is 10.1. The van der Waals surface area contributed by atoms with Crippen molar-refractivity contribution in [2.75, 3.05) is 31.7 Å². The first-order valence-corrected chi connectivity index (χ1v) is 11.9. The third-order valence-electron chi connectivity index (χ3n) is 6.46. The van der Waals surface area contributed by atoms with E-state index in [-0.39, 0.29) is 5.97 Å². The summed E-state index contributed by atoms with van der Waals surface area (Å²) in [5.41, 5.74) is 4.60. The van der Waals surface area contributed by atoms with E-state index in [0.29, 0.717) is 33.9 Å². The zero-order valence-corrected chi connectivity index (χ0v) is 19.1. The minimum Gasteiger partial charge on any atom is -0.446 e. The van der Waals surface area contributed by atoms with Crippen LogP contribution in [-0.2, 0) is 4.74 Å². The van der Waals surface area contributed by atoms with Crippen molar-refractivity contribution in [3.8, 4) is 0 Å². The summed E-state index contributed by atoms with van der Waals surface area (Å²) in [6, 6.07) is 1.68. The maximum atomic E-state index is 13.0. The fraction of sp³-hybridized carbons (Fsp3) is 0.500. The van der Waals surface area contributed by atoms with E-state index in [0.717, 1.165) is 61.6 Å². The Morgan fingerprint density at radius 2 is 1.94 bits per heavy atom. The number of carbonyl (C=O) groups excluding carboxylic acids is 1. The third-order valence-corrected chi connectivity index (χ3v) is 6.85. The minimum atomic E-state index is -0.383. The normalized spacial score (nSPS) is 17.1. The largest absolute Gasteiger partial charge is 0.446 e. The monoisotopic (exact) mass is 453 g/mol. The molecule has 0 amide bonds. The molecule has 3 aromatic heterocycles. The molecule has 2 aliphatic rings. The van der Waals surface area contributed by atoms with E-state index in [9.17, 15) is 4.79 Å². The van der Waals surface area contributed by atoms with Gasteiger partial charge in [0.2, 0.25) is 0 Å². The number of anilines is 1. The van der Waals surface area contributed by atoms with E-state index in [1.54, 1.807) is 18.5 Å². The maximum absolute atomic E-state index is 13.0. The SMILES string of the molecule is Cc1c(Cl)cnc2c(NCCC3CC3)c3nccc(C(=O)OCN4CCCCC4)c3nc12. The number of fused-ring (bicyclic) bond motifs is 2. The number of carbonyl (C=O) groups is 1. The summed E-state index contributed by atoms with van der Waals surface area (Å²) in [5, 5.41) is 4.08. The molecule has 1 aliphatic carbocycles. The number of nitrogens with zero attached hydrogens (tertiary/aromatic N) is 4. The Labute approximate surface area is 192 Å². The molecule has 1 saturated carbocycles. The lowest BCUT2D eigenvalue weighted by Gasteiger charge is -2.25. The Balaban J connectivity index is 1.52. The number of hydrogen-bond donors (Lipinski definition) is 1. The van der Waals surface area contributed by atoms with Crippen LogP contribution in [-0.4, -0.2) is 52.2 Å². The summed E-state index contributed by atoms with van der Waals surface area (Å²) < 4.78 is 5.66. The van der Waals surface area contributed by atoms with Gasteiger partial charge in [0.05, 0.1) is 21.8 Å². The summed E-state index contributed by atoms with van der Waals surface area (Å²) in [6.45, 7) is 4.98. The quantitative estimate of drug-likeness (QED) is 0.400. The van der Waals surface area contributed by atoms with Crippen LogP contribution in [0.4, 0.5) is 5.69 Å². The van der Waals surface area contributed by atoms with Crippen molar-refractivity contribution in [2.24, 2.45) is 5.92 Å². The predicted octanol–water partition coefficient (Wildman–Crippen LogP) is 4.95. The minimum absolute atomic E-state index is 0.301. The van der Waals surface area contributed by atoms with Gasteiger partial charge >= 0.3 is 5.97 Å². The van der Waals surface area contributed by atoms with Crippen LogP contribution in [0.15, 0.2) is 18.5 Å². The van der Waals surface area contributed by atoms with Crippen molar-refractivity contribution < 1.29 is 9.53 Å². The maximum Gasteiger partial charge on any atom is 0.341 e. The number of halogens is 1. The molecule has 2 fully saturated rings. The first-order valence-electron chi connectivity index (χ1n) is 11.5. The summed E-state index contributed by atoms with van der Waals surface area (Å²) in [4.78, 5) is 29.1. The van der Waals surface area contributed by atoms with Gasteiger partial charge in [-0.2, -0.15) is 0 Å². The van der Waals surface area contributed by atoms with E-state index in [4.69, 9.17) is 21.3 Å². The van der Waals surface area contributed by atoms with Crippen molar-refractivity contribution in [1.82, 2.24) is 19.9 Å². The third kappa shape index (κ3) is 4.36. The Hall–Kier alpha value is -2.51. The first-order chi connectivity index (χ1) is 15.6. The molecule has 0 bridgehead atoms. The van der Waals surface area contributed by atoms with Crippen molar-refractivity contribution in [3.63, 3.8) is 0 Å². The molecule has 0 spiro atoms. The van der Waals surface area contributed by atoms with Gasteiger partial charge in [0, 0.05) is 32.0 Å². The van der Waals surface area contributed by atoms with Gasteiger partial charge in [0.1, 0.15) is 23.3 Å². The Morgan fingerprint density at radius 3 is 2.72 bits per heavy atom. The molecule has 1 N–H and O–H groups in total. The molecule has 32 heavy (non-hydrogen) atoms. The highest BCUT2D eigenvalue weighted by Gasteiger charge is 2.23. The van der Waals surface area contributed by atoms with Crippen molar-refractivity contribution in [3.05, 3.63) is 34.6 Å². The summed E-state index contributed by atoms with van der Waals surface area (Å²) in [6.07, 6.45) is 10.5. The Morgan fingerprint density at radius 1 is 1.16 bits per heavy atom. The number of pyridine rings is 3. The van der Waals surface area contributed by atoms with Gasteiger partial charge in [-0.1, -0.05) is 30.9 Å². The second kappa shape index (κ2) is 9.16. The molecule has 7 nitrogen and oxygen atoms in total. The molecule has 0 aromatic carbocycles. The van der Waals surface area contributed by atoms with Crippen LogP contribution >= 0.6 is 11.6 Å². The first kappa shape index (κ1) is 21.3. The molecule has 168 valence electrons. The molecule has 3 aromatic rings. The predicted molar refractivity (Wildman–Crippen MR) is 126 cm³/mol. The van der Waals surface area contributed by atoms with E-state index in [1.807, 2.05) is 6.92 Å². The highest BCUT2D eigenvalue weighted by Crippen LogP contribution is 2.35. The Bertz CT molecular complexity index is 1160. The molecule has 1 aliphatic heterocycles. The number of esters is 1. The molecule has 0 radical (unpaired) electrons. The molecular weight excluding hydrogens is 426 g/mol. The zero-order valence-electron chi connectivity index (χ0n) is 18.4. The molecule has 8 heteroatoms. The van der Waals surface area contributed by atoms with Gasteiger partial charge in [-0.15, -0.1) is 0 Å². The summed E-state index contributed by atoms with van der Waals surface area (Å²) >= 11 is 6.35. The lowest BCUT2D eigenvalue weighted by Crippen LogP contribution is -2.33. The number of piperidine rings is 1. The van der Waals surface area contributed by atoms with E-state index in [2.05, 4.69) is 20.2 Å². The number of ether oxygens (including phenoxy) is 1. The van der Waals surface area contributed by atoms with Crippen molar-refractivity contribution in [2.45, 2.75) is 45.4 Å². The molecule has 0 unspecified atom stereocenters. The van der Waals surface area contributed by atoms with Crippen LogP contribution in [0.2, 0.25) is 5.02 Å². The second-order valence-corrected chi connectivity index (χ2v) is 9.28. The molecular formula is C24H28ClN5O2. The van der Waals surface area contributed by atoms with Gasteiger partial charge in [0.25, 0.3) is 0 Å². The van der Waals surface area contributed by atoms with Crippen molar-refractivity contribution >= 4 is 45.3 Å². The highest BCUT2D eigenvalue weighted by atomic mass is 35.5. The number of hydrogen-bond acceptors (Lipinski definition) is 7. The Kier molecular flexibility index (Phi) is 6.11. The number of aromatic nitrogens is 3. The second-order valence-electron chi connectivity index (χ2n) is 8.87. The average Bonchev–Trinajstić information content (AvgIpc) is 3.64. The van der Waals surface area contributed by atoms with Gasteiger partial charge in [0.15, 0.2) is 0 Å². The number of aryl methyl sites for hydroxylation is 1. The fourth-order valence-electron chi connectivity index (χ4n) is 4.32. The summed E-state index contributed by atoms with van der Waals surface area (Å²) in [7, 11) is 0. The molecule has 1 saturated heterocycles. The zero-order chi connectivity index (χ0) is 22.1. The van der Waals surface area contributed by atoms with Crippen LogP contribution in [0.1, 0.15) is 54.4 Å². The van der Waals surface area contributed by atoms with E-state index in [1.165, 1.54) is 19.3 Å². The van der Waals surface area contributed by atoms with E-state index >= 15 is 0 Å². The van der Waals surface area contributed by atoms with Crippen molar-refractivity contribution in [1.29, 1.82) is 0 Å². The van der Waals surface area contributed by atoms with Gasteiger partial charge < -0.3 is 10.1 Å². The van der Waals surface area contributed by atoms with Crippen LogP contribution < -0.4 is 5.32 Å². The number of rotatable bonds is 7. The topological polar surface area (TPSA) is 80.2 Å². The van der Waals surface area contributed by atoms with Gasteiger partial charge in [-0.25, -0.2) is 9.78 Å². The average molecular weight is 454 g/mol. The highest BCUT2D eigenvalue weighted by molar-refractivity contribution is 6.32.